The summed E-state index contributed by atoms with van der Waals surface area (Å²) in [7, 11) is -3.49. The highest BCUT2D eigenvalue weighted by Crippen LogP contribution is 2.28. The zero-order chi connectivity index (χ0) is 20.7. The van der Waals surface area contributed by atoms with E-state index in [1.807, 2.05) is 6.92 Å². The summed E-state index contributed by atoms with van der Waals surface area (Å²) in [4.78, 5) is 12.5. The van der Waals surface area contributed by atoms with Crippen LogP contribution in [0.4, 0.5) is 14.5 Å². The molecule has 0 heterocycles. The Morgan fingerprint density at radius 1 is 1.11 bits per heavy atom. The third kappa shape index (κ3) is 6.49. The molecule has 152 valence electrons. The molecular weight excluding hydrogens is 390 g/mol. The van der Waals surface area contributed by atoms with Gasteiger partial charge in [0.15, 0.2) is 0 Å². The van der Waals surface area contributed by atoms with Gasteiger partial charge < -0.3 is 10.1 Å². The molecule has 1 amide bonds. The number of anilines is 1. The standard InChI is InChI=1S/C19H22F2N2O4S/c1-3-15(14-9-5-7-11-17(14)27-19(20)21)22-18(24)12-13-8-4-6-10-16(13)23-28(2,25)26/h4-11,15,19,23H,3,12H2,1-2H3,(H,22,24). The molecule has 0 saturated heterocycles. The molecule has 2 aromatic carbocycles. The van der Waals surface area contributed by atoms with E-state index in [-0.39, 0.29) is 18.1 Å². The molecule has 28 heavy (non-hydrogen) atoms. The van der Waals surface area contributed by atoms with Gasteiger partial charge in [0.2, 0.25) is 15.9 Å². The molecule has 1 unspecified atom stereocenters. The number of amides is 1. The van der Waals surface area contributed by atoms with Gasteiger partial charge in [-0.25, -0.2) is 8.42 Å². The van der Waals surface area contributed by atoms with Crippen LogP contribution in [0.1, 0.15) is 30.5 Å². The van der Waals surface area contributed by atoms with Crippen molar-refractivity contribution < 1.29 is 26.7 Å². The fourth-order valence-corrected chi connectivity index (χ4v) is 3.36. The summed E-state index contributed by atoms with van der Waals surface area (Å²) in [5.41, 5.74) is 1.26. The molecule has 0 aliphatic heterocycles. The first-order chi connectivity index (χ1) is 13.2. The monoisotopic (exact) mass is 412 g/mol. The van der Waals surface area contributed by atoms with Crippen molar-refractivity contribution in [3.63, 3.8) is 0 Å². The summed E-state index contributed by atoms with van der Waals surface area (Å²) < 4.78 is 55.2. The van der Waals surface area contributed by atoms with E-state index in [0.29, 0.717) is 23.2 Å². The Hall–Kier alpha value is -2.68. The number of carbonyl (C=O) groups is 1. The molecule has 0 radical (unpaired) electrons. The van der Waals surface area contributed by atoms with Gasteiger partial charge in [0.25, 0.3) is 0 Å². The van der Waals surface area contributed by atoms with E-state index in [1.54, 1.807) is 42.5 Å². The zero-order valence-corrected chi connectivity index (χ0v) is 16.3. The molecule has 0 fully saturated rings. The minimum atomic E-state index is -3.49. The molecule has 0 aliphatic carbocycles. The summed E-state index contributed by atoms with van der Waals surface area (Å²) in [6.45, 7) is -1.16. The molecule has 0 aliphatic rings. The highest BCUT2D eigenvalue weighted by molar-refractivity contribution is 7.92. The molecule has 2 N–H and O–H groups in total. The first-order valence-corrected chi connectivity index (χ1v) is 10.5. The van der Waals surface area contributed by atoms with Crippen LogP contribution in [0.2, 0.25) is 0 Å². The molecule has 0 saturated carbocycles. The maximum Gasteiger partial charge on any atom is 0.387 e. The number of sulfonamides is 1. The number of nitrogens with one attached hydrogen (secondary N) is 2. The van der Waals surface area contributed by atoms with Gasteiger partial charge in [-0.1, -0.05) is 43.3 Å². The Labute approximate surface area is 163 Å². The van der Waals surface area contributed by atoms with Gasteiger partial charge in [-0.3, -0.25) is 9.52 Å². The first-order valence-electron chi connectivity index (χ1n) is 8.58. The van der Waals surface area contributed by atoms with E-state index in [2.05, 4.69) is 14.8 Å². The molecule has 1 atom stereocenters. The predicted molar refractivity (Wildman–Crippen MR) is 103 cm³/mol. The van der Waals surface area contributed by atoms with Crippen LogP contribution >= 0.6 is 0 Å². The minimum absolute atomic E-state index is 0.00351. The molecule has 0 aromatic heterocycles. The van der Waals surface area contributed by atoms with Gasteiger partial charge in [-0.05, 0) is 24.1 Å². The normalized spacial score (nSPS) is 12.5. The van der Waals surface area contributed by atoms with E-state index in [1.165, 1.54) is 6.07 Å². The second kappa shape index (κ2) is 9.50. The molecule has 2 rings (SSSR count). The summed E-state index contributed by atoms with van der Waals surface area (Å²) in [5, 5.41) is 2.79. The minimum Gasteiger partial charge on any atom is -0.434 e. The number of benzene rings is 2. The number of ether oxygens (including phenoxy) is 1. The predicted octanol–water partition coefficient (Wildman–Crippen LogP) is 3.47. The van der Waals surface area contributed by atoms with Crippen LogP contribution in [0.3, 0.4) is 0 Å². The summed E-state index contributed by atoms with van der Waals surface area (Å²) in [5.74, 6) is -0.370. The van der Waals surface area contributed by atoms with Crippen LogP contribution in [0, 0.1) is 0 Å². The van der Waals surface area contributed by atoms with Crippen LogP contribution in [0.5, 0.6) is 5.75 Å². The van der Waals surface area contributed by atoms with Crippen LogP contribution in [0.15, 0.2) is 48.5 Å². The molecule has 2 aromatic rings. The Kier molecular flexibility index (Phi) is 7.33. The Balaban J connectivity index is 2.17. The van der Waals surface area contributed by atoms with E-state index in [9.17, 15) is 22.0 Å². The molecular formula is C19H22F2N2O4S. The van der Waals surface area contributed by atoms with Crippen molar-refractivity contribution in [2.24, 2.45) is 0 Å². The average molecular weight is 412 g/mol. The molecule has 9 heteroatoms. The highest BCUT2D eigenvalue weighted by Gasteiger charge is 2.19. The van der Waals surface area contributed by atoms with Gasteiger partial charge in [-0.15, -0.1) is 0 Å². The van der Waals surface area contributed by atoms with Gasteiger partial charge in [0.1, 0.15) is 5.75 Å². The van der Waals surface area contributed by atoms with Crippen molar-refractivity contribution >= 4 is 21.6 Å². The van der Waals surface area contributed by atoms with Crippen LogP contribution in [-0.4, -0.2) is 27.2 Å². The highest BCUT2D eigenvalue weighted by atomic mass is 32.2. The fraction of sp³-hybridized carbons (Fsp3) is 0.316. The van der Waals surface area contributed by atoms with E-state index < -0.39 is 22.7 Å². The number of carbonyl (C=O) groups excluding carboxylic acids is 1. The van der Waals surface area contributed by atoms with Crippen molar-refractivity contribution in [2.75, 3.05) is 11.0 Å². The largest absolute Gasteiger partial charge is 0.434 e. The van der Waals surface area contributed by atoms with Crippen molar-refractivity contribution in [3.8, 4) is 5.75 Å². The Bertz CT molecular complexity index is 920. The maximum atomic E-state index is 12.6. The number of alkyl halides is 2. The smallest absolute Gasteiger partial charge is 0.387 e. The van der Waals surface area contributed by atoms with Gasteiger partial charge >= 0.3 is 6.61 Å². The maximum absolute atomic E-state index is 12.6. The lowest BCUT2D eigenvalue weighted by Crippen LogP contribution is -2.30. The lowest BCUT2D eigenvalue weighted by Gasteiger charge is -2.21. The second-order valence-corrected chi connectivity index (χ2v) is 7.90. The van der Waals surface area contributed by atoms with Crippen LogP contribution in [-0.2, 0) is 21.2 Å². The topological polar surface area (TPSA) is 84.5 Å². The second-order valence-electron chi connectivity index (χ2n) is 6.15. The first kappa shape index (κ1) is 21.6. The number of hydrogen-bond donors (Lipinski definition) is 2. The van der Waals surface area contributed by atoms with Gasteiger partial charge in [0.05, 0.1) is 24.4 Å². The fourth-order valence-electron chi connectivity index (χ4n) is 2.76. The van der Waals surface area contributed by atoms with Gasteiger partial charge in [0, 0.05) is 5.56 Å². The van der Waals surface area contributed by atoms with Gasteiger partial charge in [-0.2, -0.15) is 8.78 Å². The third-order valence-corrected chi connectivity index (χ3v) is 4.51. The van der Waals surface area contributed by atoms with E-state index in [0.717, 1.165) is 6.26 Å². The summed E-state index contributed by atoms with van der Waals surface area (Å²) in [6.07, 6.45) is 1.41. The number of rotatable bonds is 9. The van der Waals surface area contributed by atoms with Crippen molar-refractivity contribution in [3.05, 3.63) is 59.7 Å². The third-order valence-electron chi connectivity index (χ3n) is 3.92. The van der Waals surface area contributed by atoms with Crippen molar-refractivity contribution in [1.29, 1.82) is 0 Å². The molecule has 0 bridgehead atoms. The quantitative estimate of drug-likeness (QED) is 0.661. The van der Waals surface area contributed by atoms with Crippen LogP contribution in [0.25, 0.3) is 0 Å². The lowest BCUT2D eigenvalue weighted by molar-refractivity contribution is -0.121. The lowest BCUT2D eigenvalue weighted by atomic mass is 10.0. The molecule has 6 nitrogen and oxygen atoms in total. The SMILES string of the molecule is CCC(NC(=O)Cc1ccccc1NS(C)(=O)=O)c1ccccc1OC(F)F. The zero-order valence-electron chi connectivity index (χ0n) is 15.5. The van der Waals surface area contributed by atoms with E-state index in [4.69, 9.17) is 0 Å². The number of halogens is 2. The summed E-state index contributed by atoms with van der Waals surface area (Å²) in [6, 6.07) is 12.3. The van der Waals surface area contributed by atoms with Crippen LogP contribution < -0.4 is 14.8 Å². The number of hydrogen-bond acceptors (Lipinski definition) is 4. The average Bonchev–Trinajstić information content (AvgIpc) is 2.60. The number of para-hydroxylation sites is 2. The summed E-state index contributed by atoms with van der Waals surface area (Å²) >= 11 is 0. The Morgan fingerprint density at radius 3 is 2.39 bits per heavy atom. The Morgan fingerprint density at radius 2 is 1.75 bits per heavy atom. The molecule has 0 spiro atoms. The van der Waals surface area contributed by atoms with Crippen molar-refractivity contribution in [1.82, 2.24) is 5.32 Å². The van der Waals surface area contributed by atoms with E-state index >= 15 is 0 Å². The van der Waals surface area contributed by atoms with Crippen molar-refractivity contribution in [2.45, 2.75) is 32.4 Å².